The number of allylic oxidation sites excluding steroid dienone is 2. The molecular formula is C11H13N3. The van der Waals surface area contributed by atoms with Gasteiger partial charge in [-0.1, -0.05) is 18.2 Å². The van der Waals surface area contributed by atoms with E-state index in [4.69, 9.17) is 5.73 Å². The Morgan fingerprint density at radius 1 is 1.50 bits per heavy atom. The minimum atomic E-state index is -0.00806. The molecule has 3 N–H and O–H groups in total. The second-order valence-electron chi connectivity index (χ2n) is 3.20. The van der Waals surface area contributed by atoms with Crippen molar-refractivity contribution < 1.29 is 0 Å². The number of hydrogen-bond donors (Lipinski definition) is 2. The lowest BCUT2D eigenvalue weighted by Gasteiger charge is -2.12. The van der Waals surface area contributed by atoms with E-state index in [-0.39, 0.29) is 6.04 Å². The molecule has 0 spiro atoms. The minimum absolute atomic E-state index is 0.00806. The van der Waals surface area contributed by atoms with Gasteiger partial charge in [-0.05, 0) is 11.6 Å². The fourth-order valence-electron chi connectivity index (χ4n) is 1.61. The summed E-state index contributed by atoms with van der Waals surface area (Å²) in [6.45, 7) is 0. The van der Waals surface area contributed by atoms with Crippen LogP contribution in [0, 0.1) is 0 Å². The molecule has 0 bridgehead atoms. The van der Waals surface area contributed by atoms with Gasteiger partial charge in [-0.3, -0.25) is 4.98 Å². The summed E-state index contributed by atoms with van der Waals surface area (Å²) in [6.07, 6.45) is 9.59. The molecule has 1 unspecified atom stereocenters. The first-order chi connectivity index (χ1) is 6.83. The van der Waals surface area contributed by atoms with Gasteiger partial charge in [0.2, 0.25) is 0 Å². The smallest absolute Gasteiger partial charge is 0.0491 e. The van der Waals surface area contributed by atoms with Crippen LogP contribution in [-0.2, 0) is 0 Å². The Balaban J connectivity index is 2.42. The van der Waals surface area contributed by atoms with Crippen LogP contribution in [-0.4, -0.2) is 18.1 Å². The summed E-state index contributed by atoms with van der Waals surface area (Å²) in [4.78, 5) is 4.11. The lowest BCUT2D eigenvalue weighted by molar-refractivity contribution is 1.06. The van der Waals surface area contributed by atoms with Crippen molar-refractivity contribution in [3.05, 3.63) is 42.3 Å². The lowest BCUT2D eigenvalue weighted by atomic mass is 10.0. The second-order valence-corrected chi connectivity index (χ2v) is 3.20. The molecular weight excluding hydrogens is 174 g/mol. The van der Waals surface area contributed by atoms with Gasteiger partial charge in [-0.15, -0.1) is 0 Å². The van der Waals surface area contributed by atoms with Crippen molar-refractivity contribution >= 4 is 11.3 Å². The summed E-state index contributed by atoms with van der Waals surface area (Å²) in [5.41, 5.74) is 9.17. The maximum atomic E-state index is 5.92. The molecule has 1 aliphatic carbocycles. The average Bonchev–Trinajstić information content (AvgIpc) is 2.64. The maximum absolute atomic E-state index is 5.92. The molecule has 1 aliphatic rings. The third-order valence-electron chi connectivity index (χ3n) is 2.35. The van der Waals surface area contributed by atoms with Crippen molar-refractivity contribution in [2.45, 2.75) is 6.04 Å². The largest absolute Gasteiger partial charge is 0.388 e. The van der Waals surface area contributed by atoms with E-state index in [1.165, 1.54) is 0 Å². The highest BCUT2D eigenvalue weighted by Crippen LogP contribution is 2.27. The van der Waals surface area contributed by atoms with Crippen LogP contribution >= 0.6 is 0 Å². The van der Waals surface area contributed by atoms with Gasteiger partial charge >= 0.3 is 0 Å². The Morgan fingerprint density at radius 3 is 3.00 bits per heavy atom. The zero-order valence-electron chi connectivity index (χ0n) is 8.07. The average molecular weight is 187 g/mol. The van der Waals surface area contributed by atoms with Crippen molar-refractivity contribution in [2.24, 2.45) is 5.73 Å². The van der Waals surface area contributed by atoms with Gasteiger partial charge in [0.1, 0.15) is 0 Å². The third kappa shape index (κ3) is 1.42. The van der Waals surface area contributed by atoms with E-state index in [0.717, 1.165) is 16.8 Å². The van der Waals surface area contributed by atoms with Crippen LogP contribution in [0.3, 0.4) is 0 Å². The monoisotopic (exact) mass is 187 g/mol. The van der Waals surface area contributed by atoms with Crippen LogP contribution in [0.1, 0.15) is 5.56 Å². The molecule has 0 aliphatic heterocycles. The van der Waals surface area contributed by atoms with Crippen LogP contribution in [0.4, 0.5) is 5.69 Å². The van der Waals surface area contributed by atoms with E-state index >= 15 is 0 Å². The molecule has 3 nitrogen and oxygen atoms in total. The summed E-state index contributed by atoms with van der Waals surface area (Å²) >= 11 is 0. The Kier molecular flexibility index (Phi) is 2.33. The van der Waals surface area contributed by atoms with Crippen molar-refractivity contribution in [2.75, 3.05) is 12.4 Å². The molecule has 2 rings (SSSR count). The number of nitrogens with one attached hydrogen (secondary N) is 1. The highest BCUT2D eigenvalue weighted by molar-refractivity contribution is 5.82. The second kappa shape index (κ2) is 3.64. The molecule has 0 radical (unpaired) electrons. The third-order valence-corrected chi connectivity index (χ3v) is 2.35. The number of pyridine rings is 1. The van der Waals surface area contributed by atoms with Crippen LogP contribution < -0.4 is 11.1 Å². The Hall–Kier alpha value is -1.61. The van der Waals surface area contributed by atoms with E-state index in [1.54, 1.807) is 6.20 Å². The number of hydrogen-bond acceptors (Lipinski definition) is 3. The lowest BCUT2D eigenvalue weighted by Crippen LogP contribution is -2.17. The highest BCUT2D eigenvalue weighted by Gasteiger charge is 2.14. The SMILES string of the molecule is CNc1ccncc1C1=CC=CC1N. The molecule has 72 valence electrons. The molecule has 0 saturated carbocycles. The summed E-state index contributed by atoms with van der Waals surface area (Å²) < 4.78 is 0. The van der Waals surface area contributed by atoms with Gasteiger partial charge in [-0.25, -0.2) is 0 Å². The fraction of sp³-hybridized carbons (Fsp3) is 0.182. The molecule has 0 aromatic carbocycles. The molecule has 1 heterocycles. The molecule has 1 aromatic rings. The Labute approximate surface area is 83.3 Å². The molecule has 0 fully saturated rings. The zero-order valence-corrected chi connectivity index (χ0v) is 8.07. The van der Waals surface area contributed by atoms with Crippen molar-refractivity contribution in [3.8, 4) is 0 Å². The van der Waals surface area contributed by atoms with E-state index in [1.807, 2.05) is 37.5 Å². The van der Waals surface area contributed by atoms with Crippen molar-refractivity contribution in [1.29, 1.82) is 0 Å². The van der Waals surface area contributed by atoms with E-state index in [0.29, 0.717) is 0 Å². The van der Waals surface area contributed by atoms with Gasteiger partial charge in [0.25, 0.3) is 0 Å². The quantitative estimate of drug-likeness (QED) is 0.736. The first-order valence-corrected chi connectivity index (χ1v) is 4.59. The standard InChI is InChI=1S/C11H13N3/c1-13-11-5-6-14-7-9(11)8-3-2-4-10(8)12/h2-7,10H,12H2,1H3,(H,13,14). The zero-order chi connectivity index (χ0) is 9.97. The summed E-state index contributed by atoms with van der Waals surface area (Å²) in [6, 6.07) is 1.94. The first kappa shape index (κ1) is 8.97. The van der Waals surface area contributed by atoms with Crippen molar-refractivity contribution in [3.63, 3.8) is 0 Å². The van der Waals surface area contributed by atoms with Crippen molar-refractivity contribution in [1.82, 2.24) is 4.98 Å². The Morgan fingerprint density at radius 2 is 2.36 bits per heavy atom. The van der Waals surface area contributed by atoms with Gasteiger partial charge in [0, 0.05) is 36.7 Å². The number of nitrogens with zero attached hydrogens (tertiary/aromatic N) is 1. The number of anilines is 1. The predicted molar refractivity (Wildman–Crippen MR) is 58.9 cm³/mol. The summed E-state index contributed by atoms with van der Waals surface area (Å²) in [5.74, 6) is 0. The fourth-order valence-corrected chi connectivity index (χ4v) is 1.61. The number of aromatic nitrogens is 1. The van der Waals surface area contributed by atoms with Gasteiger partial charge in [0.05, 0.1) is 0 Å². The van der Waals surface area contributed by atoms with Gasteiger partial charge in [0.15, 0.2) is 0 Å². The number of nitrogens with two attached hydrogens (primary N) is 1. The maximum Gasteiger partial charge on any atom is 0.0491 e. The first-order valence-electron chi connectivity index (χ1n) is 4.59. The molecule has 0 saturated heterocycles. The predicted octanol–water partition coefficient (Wildman–Crippen LogP) is 1.40. The molecule has 3 heteroatoms. The van der Waals surface area contributed by atoms with Gasteiger partial charge < -0.3 is 11.1 Å². The molecule has 0 amide bonds. The Bertz CT molecular complexity index is 393. The van der Waals surface area contributed by atoms with E-state index < -0.39 is 0 Å². The van der Waals surface area contributed by atoms with E-state index in [9.17, 15) is 0 Å². The van der Waals surface area contributed by atoms with Gasteiger partial charge in [-0.2, -0.15) is 0 Å². The molecule has 14 heavy (non-hydrogen) atoms. The summed E-state index contributed by atoms with van der Waals surface area (Å²) in [7, 11) is 1.90. The van der Waals surface area contributed by atoms with Crippen LogP contribution in [0.2, 0.25) is 0 Å². The van der Waals surface area contributed by atoms with Crippen LogP contribution in [0.15, 0.2) is 36.7 Å². The summed E-state index contributed by atoms with van der Waals surface area (Å²) in [5, 5.41) is 3.13. The minimum Gasteiger partial charge on any atom is -0.388 e. The van der Waals surface area contributed by atoms with Crippen LogP contribution in [0.5, 0.6) is 0 Å². The van der Waals surface area contributed by atoms with Crippen LogP contribution in [0.25, 0.3) is 5.57 Å². The highest BCUT2D eigenvalue weighted by atomic mass is 14.8. The van der Waals surface area contributed by atoms with E-state index in [2.05, 4.69) is 10.3 Å². The molecule has 1 aromatic heterocycles. The topological polar surface area (TPSA) is 50.9 Å². The number of rotatable bonds is 2. The normalized spacial score (nSPS) is 19.6. The molecule has 1 atom stereocenters.